The van der Waals surface area contributed by atoms with Crippen LogP contribution in [0.4, 0.5) is 5.69 Å². The molecule has 2 N–H and O–H groups in total. The molecule has 0 fully saturated rings. The Bertz CT molecular complexity index is 673. The maximum atomic E-state index is 5.89. The molecule has 0 saturated heterocycles. The number of nitrogens with two attached hydrogens (primary N) is 1. The molecule has 0 unspecified atom stereocenters. The second-order valence-electron chi connectivity index (χ2n) is 3.75. The lowest BCUT2D eigenvalue weighted by Gasteiger charge is -1.95. The summed E-state index contributed by atoms with van der Waals surface area (Å²) in [6, 6.07) is 12.8. The van der Waals surface area contributed by atoms with E-state index >= 15 is 0 Å². The van der Waals surface area contributed by atoms with Crippen LogP contribution in [0.2, 0.25) is 5.02 Å². The Morgan fingerprint density at radius 3 is 2.59 bits per heavy atom. The van der Waals surface area contributed by atoms with Gasteiger partial charge in [0, 0.05) is 22.3 Å². The van der Waals surface area contributed by atoms with Crippen molar-refractivity contribution in [3.63, 3.8) is 0 Å². The van der Waals surface area contributed by atoms with Crippen LogP contribution in [0, 0.1) is 0 Å². The lowest BCUT2D eigenvalue weighted by atomic mass is 10.2. The maximum Gasteiger partial charge on any atom is 0.227 e. The zero-order valence-corrected chi connectivity index (χ0v) is 9.61. The Morgan fingerprint density at radius 2 is 1.82 bits per heavy atom. The van der Waals surface area contributed by atoms with E-state index in [0.29, 0.717) is 22.2 Å². The summed E-state index contributed by atoms with van der Waals surface area (Å²) in [6.45, 7) is 0. The van der Waals surface area contributed by atoms with Crippen molar-refractivity contribution in [2.45, 2.75) is 0 Å². The molecule has 1 heterocycles. The average Bonchev–Trinajstić information content (AvgIpc) is 2.72. The Labute approximate surface area is 103 Å². The Kier molecular flexibility index (Phi) is 2.27. The molecule has 4 heteroatoms. The molecule has 3 nitrogen and oxygen atoms in total. The van der Waals surface area contributed by atoms with E-state index in [1.54, 1.807) is 12.1 Å². The summed E-state index contributed by atoms with van der Waals surface area (Å²) in [7, 11) is 0. The van der Waals surface area contributed by atoms with Gasteiger partial charge in [0.05, 0.1) is 0 Å². The number of halogens is 1. The fraction of sp³-hybridized carbons (Fsp3) is 0. The minimum atomic E-state index is 0.572. The summed E-state index contributed by atoms with van der Waals surface area (Å²) in [4.78, 5) is 4.39. The number of hydrogen-bond donors (Lipinski definition) is 1. The lowest BCUT2D eigenvalue weighted by Crippen LogP contribution is -1.83. The first-order valence-corrected chi connectivity index (χ1v) is 5.52. The van der Waals surface area contributed by atoms with Gasteiger partial charge in [0.15, 0.2) is 5.58 Å². The molecule has 0 radical (unpaired) electrons. The standard InChI is InChI=1S/C13H9ClN2O/c14-9-3-6-11-12(7-9)17-13(16-11)8-1-4-10(15)5-2-8/h1-7H,15H2. The zero-order valence-electron chi connectivity index (χ0n) is 8.85. The van der Waals surface area contributed by atoms with Gasteiger partial charge >= 0.3 is 0 Å². The van der Waals surface area contributed by atoms with Gasteiger partial charge in [-0.2, -0.15) is 0 Å². The summed E-state index contributed by atoms with van der Waals surface area (Å²) in [5.74, 6) is 0.572. The molecule has 3 rings (SSSR count). The third kappa shape index (κ3) is 1.85. The summed E-state index contributed by atoms with van der Waals surface area (Å²) in [5, 5.41) is 0.637. The van der Waals surface area contributed by atoms with E-state index < -0.39 is 0 Å². The molecule has 0 saturated carbocycles. The molecule has 0 aliphatic heterocycles. The second kappa shape index (κ2) is 3.79. The van der Waals surface area contributed by atoms with E-state index in [4.69, 9.17) is 21.8 Å². The first-order valence-electron chi connectivity index (χ1n) is 5.14. The molecule has 0 aliphatic rings. The molecular weight excluding hydrogens is 236 g/mol. The summed E-state index contributed by atoms with van der Waals surface area (Å²) >= 11 is 5.89. The molecular formula is C13H9ClN2O. The first-order chi connectivity index (χ1) is 8.22. The van der Waals surface area contributed by atoms with E-state index in [2.05, 4.69) is 4.98 Å². The van der Waals surface area contributed by atoms with E-state index in [1.807, 2.05) is 30.3 Å². The van der Waals surface area contributed by atoms with Crippen molar-refractivity contribution in [1.82, 2.24) is 4.98 Å². The number of aromatic nitrogens is 1. The highest BCUT2D eigenvalue weighted by atomic mass is 35.5. The van der Waals surface area contributed by atoms with Crippen molar-refractivity contribution in [3.05, 3.63) is 47.5 Å². The molecule has 0 spiro atoms. The van der Waals surface area contributed by atoms with Crippen LogP contribution in [0.15, 0.2) is 46.9 Å². The molecule has 2 aromatic carbocycles. The van der Waals surface area contributed by atoms with Crippen LogP contribution in [-0.2, 0) is 0 Å². The van der Waals surface area contributed by atoms with Gasteiger partial charge in [-0.05, 0) is 36.4 Å². The van der Waals surface area contributed by atoms with Crippen LogP contribution < -0.4 is 5.73 Å². The third-order valence-corrected chi connectivity index (χ3v) is 2.74. The van der Waals surface area contributed by atoms with Crippen LogP contribution in [0.3, 0.4) is 0 Å². The van der Waals surface area contributed by atoms with E-state index in [0.717, 1.165) is 11.1 Å². The second-order valence-corrected chi connectivity index (χ2v) is 4.19. The lowest BCUT2D eigenvalue weighted by molar-refractivity contribution is 0.620. The van der Waals surface area contributed by atoms with Gasteiger partial charge in [0.2, 0.25) is 5.89 Å². The fourth-order valence-corrected chi connectivity index (χ4v) is 1.81. The third-order valence-electron chi connectivity index (χ3n) is 2.51. The number of benzene rings is 2. The first kappa shape index (κ1) is 10.2. The quantitative estimate of drug-likeness (QED) is 0.664. The monoisotopic (exact) mass is 244 g/mol. The van der Waals surface area contributed by atoms with Crippen LogP contribution in [0.25, 0.3) is 22.6 Å². The van der Waals surface area contributed by atoms with Crippen molar-refractivity contribution in [1.29, 1.82) is 0 Å². The number of nitrogens with zero attached hydrogens (tertiary/aromatic N) is 1. The molecule has 0 aliphatic carbocycles. The molecule has 0 atom stereocenters. The van der Waals surface area contributed by atoms with Gasteiger partial charge in [0.1, 0.15) is 5.52 Å². The van der Waals surface area contributed by atoms with Crippen LogP contribution in [0.1, 0.15) is 0 Å². The SMILES string of the molecule is Nc1ccc(-c2nc3ccc(Cl)cc3o2)cc1. The van der Waals surface area contributed by atoms with Gasteiger partial charge in [-0.1, -0.05) is 11.6 Å². The van der Waals surface area contributed by atoms with Crippen LogP contribution >= 0.6 is 11.6 Å². The number of rotatable bonds is 1. The van der Waals surface area contributed by atoms with Gasteiger partial charge in [-0.25, -0.2) is 4.98 Å². The average molecular weight is 245 g/mol. The largest absolute Gasteiger partial charge is 0.436 e. The molecule has 0 bridgehead atoms. The molecule has 17 heavy (non-hydrogen) atoms. The highest BCUT2D eigenvalue weighted by Crippen LogP contribution is 2.26. The van der Waals surface area contributed by atoms with E-state index in [-0.39, 0.29) is 0 Å². The Balaban J connectivity index is 2.14. The predicted octanol–water partition coefficient (Wildman–Crippen LogP) is 3.73. The fourth-order valence-electron chi connectivity index (χ4n) is 1.65. The van der Waals surface area contributed by atoms with E-state index in [1.165, 1.54) is 0 Å². The van der Waals surface area contributed by atoms with Crippen molar-refractivity contribution < 1.29 is 4.42 Å². The van der Waals surface area contributed by atoms with Crippen molar-refractivity contribution in [2.75, 3.05) is 5.73 Å². The van der Waals surface area contributed by atoms with Gasteiger partial charge in [0.25, 0.3) is 0 Å². The maximum absolute atomic E-state index is 5.89. The number of nitrogen functional groups attached to an aromatic ring is 1. The summed E-state index contributed by atoms with van der Waals surface area (Å²) in [6.07, 6.45) is 0. The number of fused-ring (bicyclic) bond motifs is 1. The minimum Gasteiger partial charge on any atom is -0.436 e. The number of oxazole rings is 1. The van der Waals surface area contributed by atoms with Crippen molar-refractivity contribution in [3.8, 4) is 11.5 Å². The normalized spacial score (nSPS) is 10.9. The van der Waals surface area contributed by atoms with Crippen LogP contribution in [-0.4, -0.2) is 4.98 Å². The highest BCUT2D eigenvalue weighted by Gasteiger charge is 2.07. The topological polar surface area (TPSA) is 52.0 Å². The van der Waals surface area contributed by atoms with Gasteiger partial charge in [-0.3, -0.25) is 0 Å². The highest BCUT2D eigenvalue weighted by molar-refractivity contribution is 6.31. The Morgan fingerprint density at radius 1 is 1.06 bits per heavy atom. The predicted molar refractivity (Wildman–Crippen MR) is 68.9 cm³/mol. The molecule has 3 aromatic rings. The molecule has 84 valence electrons. The van der Waals surface area contributed by atoms with Crippen molar-refractivity contribution >= 4 is 28.4 Å². The molecule has 1 aromatic heterocycles. The summed E-state index contributed by atoms with van der Waals surface area (Å²) < 4.78 is 5.64. The smallest absolute Gasteiger partial charge is 0.227 e. The van der Waals surface area contributed by atoms with Crippen molar-refractivity contribution in [2.24, 2.45) is 0 Å². The number of hydrogen-bond acceptors (Lipinski definition) is 3. The van der Waals surface area contributed by atoms with Crippen LogP contribution in [0.5, 0.6) is 0 Å². The van der Waals surface area contributed by atoms with E-state index in [9.17, 15) is 0 Å². The van der Waals surface area contributed by atoms with Gasteiger partial charge < -0.3 is 10.2 Å². The number of anilines is 1. The van der Waals surface area contributed by atoms with Gasteiger partial charge in [-0.15, -0.1) is 0 Å². The Hall–Kier alpha value is -2.00. The molecule has 0 amide bonds. The minimum absolute atomic E-state index is 0.572. The zero-order chi connectivity index (χ0) is 11.8. The summed E-state index contributed by atoms with van der Waals surface area (Å²) in [5.41, 5.74) is 8.72.